The third-order valence-electron chi connectivity index (χ3n) is 6.15. The van der Waals surface area contributed by atoms with Gasteiger partial charge in [0.25, 0.3) is 5.91 Å². The fourth-order valence-corrected chi connectivity index (χ4v) is 4.62. The van der Waals surface area contributed by atoms with Crippen molar-refractivity contribution in [3.05, 3.63) is 28.8 Å². The molecule has 3 aliphatic rings. The van der Waals surface area contributed by atoms with Crippen molar-refractivity contribution >= 4 is 29.1 Å². The number of carbonyl (C=O) groups excluding carboxylic acids is 2. The fourth-order valence-electron chi connectivity index (χ4n) is 4.40. The minimum absolute atomic E-state index is 0.0313. The third-order valence-corrected chi connectivity index (χ3v) is 6.47. The lowest BCUT2D eigenvalue weighted by molar-refractivity contribution is -0.117. The van der Waals surface area contributed by atoms with Crippen LogP contribution in [0, 0.1) is 0 Å². The second-order valence-electron chi connectivity index (χ2n) is 8.00. The van der Waals surface area contributed by atoms with Crippen LogP contribution in [0.15, 0.2) is 18.2 Å². The Hall–Kier alpha value is -1.63. The number of halogens is 1. The van der Waals surface area contributed by atoms with Gasteiger partial charge in [-0.05, 0) is 50.6 Å². The van der Waals surface area contributed by atoms with Gasteiger partial charge in [0.1, 0.15) is 0 Å². The summed E-state index contributed by atoms with van der Waals surface area (Å²) in [4.78, 5) is 33.7. The average Bonchev–Trinajstić information content (AvgIpc) is 3.38. The van der Waals surface area contributed by atoms with Crippen LogP contribution in [0.3, 0.4) is 0 Å². The monoisotopic (exact) mass is 404 g/mol. The Kier molecular flexibility index (Phi) is 6.19. The van der Waals surface area contributed by atoms with Gasteiger partial charge >= 0.3 is 0 Å². The van der Waals surface area contributed by atoms with Crippen molar-refractivity contribution in [2.24, 2.45) is 0 Å². The minimum atomic E-state index is 0.0313. The standard InChI is InChI=1S/C21H29ClN4O2/c22-18-6-5-17(16-19(18)26-9-3-4-20(26)27)21(28)25-14-12-24(13-15-25)11-10-23-7-1-2-8-23/h5-6,16H,1-4,7-15H2. The van der Waals surface area contributed by atoms with E-state index in [4.69, 9.17) is 11.6 Å². The van der Waals surface area contributed by atoms with Gasteiger partial charge in [-0.25, -0.2) is 0 Å². The Morgan fingerprint density at radius 1 is 0.893 bits per heavy atom. The largest absolute Gasteiger partial charge is 0.336 e. The summed E-state index contributed by atoms with van der Waals surface area (Å²) in [5.41, 5.74) is 1.28. The van der Waals surface area contributed by atoms with Crippen LogP contribution in [-0.2, 0) is 4.79 Å². The molecule has 0 radical (unpaired) electrons. The summed E-state index contributed by atoms with van der Waals surface area (Å²) in [6.07, 6.45) is 4.05. The molecule has 7 heteroatoms. The first-order valence-electron chi connectivity index (χ1n) is 10.5. The first kappa shape index (κ1) is 19.7. The zero-order valence-corrected chi connectivity index (χ0v) is 17.2. The summed E-state index contributed by atoms with van der Waals surface area (Å²) < 4.78 is 0. The molecule has 3 aliphatic heterocycles. The molecule has 0 N–H and O–H groups in total. The lowest BCUT2D eigenvalue weighted by atomic mass is 10.1. The van der Waals surface area contributed by atoms with Crippen LogP contribution in [0.5, 0.6) is 0 Å². The molecule has 152 valence electrons. The van der Waals surface area contributed by atoms with Crippen LogP contribution in [0.25, 0.3) is 0 Å². The lowest BCUT2D eigenvalue weighted by Gasteiger charge is -2.35. The summed E-state index contributed by atoms with van der Waals surface area (Å²) >= 11 is 6.31. The van der Waals surface area contributed by atoms with Gasteiger partial charge in [-0.2, -0.15) is 0 Å². The molecule has 0 aromatic heterocycles. The number of anilines is 1. The van der Waals surface area contributed by atoms with Crippen molar-refractivity contribution in [2.45, 2.75) is 25.7 Å². The van der Waals surface area contributed by atoms with Gasteiger partial charge in [-0.15, -0.1) is 0 Å². The molecule has 0 unspecified atom stereocenters. The van der Waals surface area contributed by atoms with E-state index in [0.29, 0.717) is 29.2 Å². The normalized spacial score (nSPS) is 21.7. The molecule has 1 aromatic carbocycles. The molecule has 28 heavy (non-hydrogen) atoms. The highest BCUT2D eigenvalue weighted by atomic mass is 35.5. The van der Waals surface area contributed by atoms with Crippen molar-refractivity contribution in [3.8, 4) is 0 Å². The Morgan fingerprint density at radius 2 is 1.57 bits per heavy atom. The van der Waals surface area contributed by atoms with E-state index >= 15 is 0 Å². The number of nitrogens with zero attached hydrogens (tertiary/aromatic N) is 4. The number of rotatable bonds is 5. The van der Waals surface area contributed by atoms with Gasteiger partial charge in [0, 0.05) is 57.8 Å². The van der Waals surface area contributed by atoms with Crippen molar-refractivity contribution in [3.63, 3.8) is 0 Å². The van der Waals surface area contributed by atoms with E-state index in [9.17, 15) is 9.59 Å². The van der Waals surface area contributed by atoms with Crippen molar-refractivity contribution in [2.75, 3.05) is 63.8 Å². The maximum atomic E-state index is 13.0. The molecule has 0 atom stereocenters. The SMILES string of the molecule is O=C(c1ccc(Cl)c(N2CCCC2=O)c1)N1CCN(CCN2CCCC2)CC1. The van der Waals surface area contributed by atoms with Crippen LogP contribution >= 0.6 is 11.6 Å². The molecule has 1 aromatic rings. The highest BCUT2D eigenvalue weighted by molar-refractivity contribution is 6.34. The topological polar surface area (TPSA) is 47.1 Å². The van der Waals surface area contributed by atoms with Crippen LogP contribution < -0.4 is 4.90 Å². The second-order valence-corrected chi connectivity index (χ2v) is 8.40. The molecule has 0 spiro atoms. The van der Waals surface area contributed by atoms with E-state index < -0.39 is 0 Å². The highest BCUT2D eigenvalue weighted by Crippen LogP contribution is 2.30. The Morgan fingerprint density at radius 3 is 2.21 bits per heavy atom. The van der Waals surface area contributed by atoms with Gasteiger partial charge in [-0.1, -0.05) is 11.6 Å². The molecule has 3 heterocycles. The molecule has 2 amide bonds. The van der Waals surface area contributed by atoms with E-state index in [-0.39, 0.29) is 11.8 Å². The molecule has 3 fully saturated rings. The number of benzene rings is 1. The first-order valence-corrected chi connectivity index (χ1v) is 10.8. The van der Waals surface area contributed by atoms with Gasteiger partial charge < -0.3 is 14.7 Å². The second kappa shape index (κ2) is 8.80. The van der Waals surface area contributed by atoms with Crippen LogP contribution in [0.2, 0.25) is 5.02 Å². The summed E-state index contributed by atoms with van der Waals surface area (Å²) in [6, 6.07) is 5.30. The number of amides is 2. The van der Waals surface area contributed by atoms with Gasteiger partial charge in [-0.3, -0.25) is 14.5 Å². The van der Waals surface area contributed by atoms with Gasteiger partial charge in [0.05, 0.1) is 10.7 Å². The molecular weight excluding hydrogens is 376 g/mol. The van der Waals surface area contributed by atoms with E-state index in [1.807, 2.05) is 4.90 Å². The van der Waals surface area contributed by atoms with Crippen molar-refractivity contribution in [1.29, 1.82) is 0 Å². The summed E-state index contributed by atoms with van der Waals surface area (Å²) in [5.74, 6) is 0.113. The van der Waals surface area contributed by atoms with E-state index in [1.54, 1.807) is 23.1 Å². The lowest BCUT2D eigenvalue weighted by Crippen LogP contribution is -2.50. The predicted octanol–water partition coefficient (Wildman–Crippen LogP) is 2.32. The van der Waals surface area contributed by atoms with E-state index in [0.717, 1.165) is 45.7 Å². The van der Waals surface area contributed by atoms with E-state index in [1.165, 1.54) is 25.9 Å². The smallest absolute Gasteiger partial charge is 0.254 e. The fraction of sp³-hybridized carbons (Fsp3) is 0.619. The number of hydrogen-bond acceptors (Lipinski definition) is 4. The van der Waals surface area contributed by atoms with Crippen LogP contribution in [0.1, 0.15) is 36.0 Å². The Labute approximate surface area is 172 Å². The first-order chi connectivity index (χ1) is 13.6. The summed E-state index contributed by atoms with van der Waals surface area (Å²) in [6.45, 7) is 8.70. The number of piperazine rings is 1. The zero-order valence-electron chi connectivity index (χ0n) is 16.4. The summed E-state index contributed by atoms with van der Waals surface area (Å²) in [7, 11) is 0. The summed E-state index contributed by atoms with van der Waals surface area (Å²) in [5, 5.41) is 0.526. The molecule has 0 saturated carbocycles. The van der Waals surface area contributed by atoms with Gasteiger partial charge in [0.2, 0.25) is 5.91 Å². The molecule has 0 bridgehead atoms. The van der Waals surface area contributed by atoms with Crippen LogP contribution in [-0.4, -0.2) is 85.4 Å². The maximum Gasteiger partial charge on any atom is 0.254 e. The maximum absolute atomic E-state index is 13.0. The van der Waals surface area contributed by atoms with Gasteiger partial charge in [0.15, 0.2) is 0 Å². The minimum Gasteiger partial charge on any atom is -0.336 e. The van der Waals surface area contributed by atoms with Crippen LogP contribution in [0.4, 0.5) is 5.69 Å². The third kappa shape index (κ3) is 4.34. The molecule has 4 rings (SSSR count). The van der Waals surface area contributed by atoms with Crippen molar-refractivity contribution < 1.29 is 9.59 Å². The number of hydrogen-bond donors (Lipinski definition) is 0. The van der Waals surface area contributed by atoms with Crippen molar-refractivity contribution in [1.82, 2.24) is 14.7 Å². The highest BCUT2D eigenvalue weighted by Gasteiger charge is 2.27. The average molecular weight is 405 g/mol. The zero-order chi connectivity index (χ0) is 19.5. The molecule has 3 saturated heterocycles. The molecule has 0 aliphatic carbocycles. The molecule has 6 nitrogen and oxygen atoms in total. The quantitative estimate of drug-likeness (QED) is 0.755. The Balaban J connectivity index is 1.34. The predicted molar refractivity (Wildman–Crippen MR) is 111 cm³/mol. The Bertz CT molecular complexity index is 727. The van der Waals surface area contributed by atoms with E-state index in [2.05, 4.69) is 9.80 Å². The number of likely N-dealkylation sites (tertiary alicyclic amines) is 1. The molecular formula is C21H29ClN4O2. The number of carbonyl (C=O) groups is 2.